The van der Waals surface area contributed by atoms with Gasteiger partial charge >= 0.3 is 0 Å². The van der Waals surface area contributed by atoms with Gasteiger partial charge in [0, 0.05) is 16.0 Å². The van der Waals surface area contributed by atoms with Crippen molar-refractivity contribution < 1.29 is 4.74 Å². The predicted molar refractivity (Wildman–Crippen MR) is 89.8 cm³/mol. The topological polar surface area (TPSA) is 59.1 Å². The molecule has 0 fully saturated rings. The molecule has 1 aromatic heterocycles. The SMILES string of the molecule is CCCNc1ncnc(Nc2ccc(Cl)cc2Br)c1OC. The standard InChI is InChI=1S/C14H16BrClN4O/c1-3-6-17-13-12(21-2)14(19-8-18-13)20-11-5-4-9(16)7-10(11)15/h4-5,7-8H,3,6H2,1-2H3,(H2,17,18,19,20). The molecule has 0 unspecified atom stereocenters. The van der Waals surface area contributed by atoms with Crippen molar-refractivity contribution in [2.45, 2.75) is 13.3 Å². The summed E-state index contributed by atoms with van der Waals surface area (Å²) in [7, 11) is 1.60. The number of halogens is 2. The summed E-state index contributed by atoms with van der Waals surface area (Å²) in [6.45, 7) is 2.90. The second kappa shape index (κ2) is 7.47. The molecule has 0 saturated carbocycles. The van der Waals surface area contributed by atoms with Crippen LogP contribution in [0.15, 0.2) is 29.0 Å². The van der Waals surface area contributed by atoms with Crippen molar-refractivity contribution >= 4 is 44.9 Å². The number of aromatic nitrogens is 2. The largest absolute Gasteiger partial charge is 0.490 e. The number of nitrogens with one attached hydrogen (secondary N) is 2. The second-order valence-electron chi connectivity index (χ2n) is 4.28. The molecule has 0 bridgehead atoms. The molecule has 2 rings (SSSR count). The van der Waals surface area contributed by atoms with Crippen LogP contribution in [-0.2, 0) is 0 Å². The lowest BCUT2D eigenvalue weighted by Crippen LogP contribution is -2.07. The molecule has 0 aliphatic rings. The Morgan fingerprint density at radius 2 is 2.05 bits per heavy atom. The van der Waals surface area contributed by atoms with E-state index >= 15 is 0 Å². The maximum atomic E-state index is 5.94. The van der Waals surface area contributed by atoms with Crippen LogP contribution in [0.3, 0.4) is 0 Å². The van der Waals surface area contributed by atoms with E-state index in [0.29, 0.717) is 22.4 Å². The highest BCUT2D eigenvalue weighted by Crippen LogP contribution is 2.34. The van der Waals surface area contributed by atoms with Gasteiger partial charge in [0.05, 0.1) is 12.8 Å². The maximum absolute atomic E-state index is 5.94. The number of methoxy groups -OCH3 is 1. The summed E-state index contributed by atoms with van der Waals surface area (Å²) >= 11 is 9.41. The van der Waals surface area contributed by atoms with E-state index in [1.54, 1.807) is 13.2 Å². The summed E-state index contributed by atoms with van der Waals surface area (Å²) < 4.78 is 6.26. The van der Waals surface area contributed by atoms with Crippen molar-refractivity contribution in [2.24, 2.45) is 0 Å². The van der Waals surface area contributed by atoms with Gasteiger partial charge in [0.1, 0.15) is 6.33 Å². The van der Waals surface area contributed by atoms with Crippen LogP contribution in [0.4, 0.5) is 17.3 Å². The molecule has 21 heavy (non-hydrogen) atoms. The molecule has 0 aliphatic carbocycles. The number of ether oxygens (including phenoxy) is 1. The number of benzene rings is 1. The summed E-state index contributed by atoms with van der Waals surface area (Å²) in [6.07, 6.45) is 2.49. The third-order valence-corrected chi connectivity index (χ3v) is 3.63. The normalized spacial score (nSPS) is 10.3. The van der Waals surface area contributed by atoms with Gasteiger partial charge in [0.15, 0.2) is 11.6 Å². The molecular weight excluding hydrogens is 356 g/mol. The smallest absolute Gasteiger partial charge is 0.204 e. The van der Waals surface area contributed by atoms with Gasteiger partial charge < -0.3 is 15.4 Å². The van der Waals surface area contributed by atoms with Crippen molar-refractivity contribution in [3.8, 4) is 5.75 Å². The van der Waals surface area contributed by atoms with Crippen LogP contribution in [0.1, 0.15) is 13.3 Å². The number of nitrogens with zero attached hydrogens (tertiary/aromatic N) is 2. The van der Waals surface area contributed by atoms with Crippen molar-refractivity contribution in [2.75, 3.05) is 24.3 Å². The Kier molecular flexibility index (Phi) is 5.64. The Morgan fingerprint density at radius 3 is 2.71 bits per heavy atom. The minimum Gasteiger partial charge on any atom is -0.490 e. The first-order valence-corrected chi connectivity index (χ1v) is 7.67. The fourth-order valence-electron chi connectivity index (χ4n) is 1.74. The van der Waals surface area contributed by atoms with Gasteiger partial charge in [-0.2, -0.15) is 0 Å². The predicted octanol–water partition coefficient (Wildman–Crippen LogP) is 4.47. The minimum absolute atomic E-state index is 0.577. The van der Waals surface area contributed by atoms with Crippen LogP contribution in [0.5, 0.6) is 5.75 Å². The molecule has 7 heteroatoms. The lowest BCUT2D eigenvalue weighted by molar-refractivity contribution is 0.415. The summed E-state index contributed by atoms with van der Waals surface area (Å²) in [4.78, 5) is 8.44. The fraction of sp³-hybridized carbons (Fsp3) is 0.286. The summed E-state index contributed by atoms with van der Waals surface area (Å²) in [5, 5.41) is 7.09. The van der Waals surface area contributed by atoms with E-state index in [1.807, 2.05) is 12.1 Å². The molecule has 2 N–H and O–H groups in total. The van der Waals surface area contributed by atoms with Crippen molar-refractivity contribution in [3.63, 3.8) is 0 Å². The van der Waals surface area contributed by atoms with Gasteiger partial charge in [0.2, 0.25) is 5.75 Å². The quantitative estimate of drug-likeness (QED) is 0.784. The lowest BCUT2D eigenvalue weighted by atomic mass is 10.3. The molecule has 1 aromatic carbocycles. The first-order chi connectivity index (χ1) is 10.2. The zero-order chi connectivity index (χ0) is 15.2. The van der Waals surface area contributed by atoms with Gasteiger partial charge in [-0.15, -0.1) is 0 Å². The van der Waals surface area contributed by atoms with Crippen molar-refractivity contribution in [1.82, 2.24) is 9.97 Å². The van der Waals surface area contributed by atoms with E-state index in [4.69, 9.17) is 16.3 Å². The van der Waals surface area contributed by atoms with Gasteiger partial charge in [-0.3, -0.25) is 0 Å². The molecule has 1 heterocycles. The van der Waals surface area contributed by atoms with E-state index in [1.165, 1.54) is 6.33 Å². The minimum atomic E-state index is 0.577. The Labute approximate surface area is 137 Å². The van der Waals surface area contributed by atoms with Gasteiger partial charge in [-0.05, 0) is 40.5 Å². The van der Waals surface area contributed by atoms with Gasteiger partial charge in [-0.25, -0.2) is 9.97 Å². The van der Waals surface area contributed by atoms with E-state index in [2.05, 4.69) is 43.5 Å². The Morgan fingerprint density at radius 1 is 1.29 bits per heavy atom. The average Bonchev–Trinajstić information content (AvgIpc) is 2.48. The van der Waals surface area contributed by atoms with E-state index in [-0.39, 0.29) is 0 Å². The van der Waals surface area contributed by atoms with Crippen LogP contribution in [0.25, 0.3) is 0 Å². The molecule has 0 atom stereocenters. The molecule has 0 saturated heterocycles. The van der Waals surface area contributed by atoms with Crippen molar-refractivity contribution in [3.05, 3.63) is 34.0 Å². The zero-order valence-corrected chi connectivity index (χ0v) is 14.1. The number of hydrogen-bond donors (Lipinski definition) is 2. The zero-order valence-electron chi connectivity index (χ0n) is 11.8. The molecule has 0 amide bonds. The lowest BCUT2D eigenvalue weighted by Gasteiger charge is -2.14. The molecule has 0 spiro atoms. The number of anilines is 3. The molecule has 112 valence electrons. The first kappa shape index (κ1) is 15.9. The molecule has 5 nitrogen and oxygen atoms in total. The highest BCUT2D eigenvalue weighted by molar-refractivity contribution is 9.10. The van der Waals surface area contributed by atoms with Gasteiger partial charge in [0.25, 0.3) is 0 Å². The first-order valence-electron chi connectivity index (χ1n) is 6.50. The summed E-state index contributed by atoms with van der Waals surface area (Å²) in [5.74, 6) is 1.84. The van der Waals surface area contributed by atoms with E-state index in [0.717, 1.165) is 23.1 Å². The molecule has 2 aromatic rings. The average molecular weight is 372 g/mol. The Balaban J connectivity index is 2.30. The molecule has 0 aliphatic heterocycles. The Hall–Kier alpha value is -1.53. The maximum Gasteiger partial charge on any atom is 0.204 e. The van der Waals surface area contributed by atoms with Crippen LogP contribution in [0.2, 0.25) is 5.02 Å². The van der Waals surface area contributed by atoms with Crippen LogP contribution in [-0.4, -0.2) is 23.6 Å². The van der Waals surface area contributed by atoms with Crippen LogP contribution >= 0.6 is 27.5 Å². The molecular formula is C14H16BrClN4O. The number of rotatable bonds is 6. The monoisotopic (exact) mass is 370 g/mol. The highest BCUT2D eigenvalue weighted by atomic mass is 79.9. The third-order valence-electron chi connectivity index (χ3n) is 2.73. The molecule has 0 radical (unpaired) electrons. The second-order valence-corrected chi connectivity index (χ2v) is 5.57. The van der Waals surface area contributed by atoms with E-state index in [9.17, 15) is 0 Å². The van der Waals surface area contributed by atoms with E-state index < -0.39 is 0 Å². The fourth-order valence-corrected chi connectivity index (χ4v) is 2.53. The van der Waals surface area contributed by atoms with Gasteiger partial charge in [-0.1, -0.05) is 18.5 Å². The summed E-state index contributed by atoms with van der Waals surface area (Å²) in [5.41, 5.74) is 0.845. The number of hydrogen-bond acceptors (Lipinski definition) is 5. The van der Waals surface area contributed by atoms with Crippen molar-refractivity contribution in [1.29, 1.82) is 0 Å². The third kappa shape index (κ3) is 3.98. The van der Waals surface area contributed by atoms with Crippen LogP contribution < -0.4 is 15.4 Å². The Bertz CT molecular complexity index is 624. The van der Waals surface area contributed by atoms with Crippen LogP contribution in [0, 0.1) is 0 Å². The highest BCUT2D eigenvalue weighted by Gasteiger charge is 2.13. The summed E-state index contributed by atoms with van der Waals surface area (Å²) in [6, 6.07) is 5.49.